The maximum atomic E-state index is 10.5. The zero-order chi connectivity index (χ0) is 8.15. The quantitative estimate of drug-likeness (QED) is 0.466. The van der Waals surface area contributed by atoms with Crippen LogP contribution in [0.25, 0.3) is 0 Å². The fourth-order valence-corrected chi connectivity index (χ4v) is 0.600. The first-order chi connectivity index (χ1) is 4.57. The Labute approximate surface area is 60.0 Å². The molecule has 0 saturated carbocycles. The lowest BCUT2D eigenvalue weighted by Crippen LogP contribution is -2.16. The van der Waals surface area contributed by atoms with E-state index in [9.17, 15) is 9.59 Å². The van der Waals surface area contributed by atoms with E-state index in [0.29, 0.717) is 0 Å². The summed E-state index contributed by atoms with van der Waals surface area (Å²) in [5.41, 5.74) is 0. The highest BCUT2D eigenvalue weighted by Gasteiger charge is 2.10. The topological polar surface area (TPSA) is 63.6 Å². The Morgan fingerprint density at radius 3 is 2.40 bits per heavy atom. The van der Waals surface area contributed by atoms with Gasteiger partial charge in [0.25, 0.3) is 0 Å². The molecule has 0 aromatic heterocycles. The molecule has 0 atom stereocenters. The van der Waals surface area contributed by atoms with E-state index in [0.717, 1.165) is 0 Å². The Balaban J connectivity index is 3.86. The molecule has 0 aromatic rings. The average molecular weight is 162 g/mol. The van der Waals surface area contributed by atoms with Gasteiger partial charge < -0.3 is 9.84 Å². The summed E-state index contributed by atoms with van der Waals surface area (Å²) >= 11 is 0. The number of carbonyl (C=O) groups excluding carboxylic acids is 1. The molecule has 0 spiro atoms. The van der Waals surface area contributed by atoms with Crippen molar-refractivity contribution in [2.24, 2.45) is 0 Å². The smallest absolute Gasteiger partial charge is 0.338 e. The Morgan fingerprint density at radius 2 is 2.10 bits per heavy atom. The molecule has 10 heavy (non-hydrogen) atoms. The van der Waals surface area contributed by atoms with Crippen LogP contribution in [0, 0.1) is 0 Å². The van der Waals surface area contributed by atoms with Gasteiger partial charge in [-0.3, -0.25) is 4.79 Å². The lowest BCUT2D eigenvalue weighted by Gasteiger charge is -1.96. The van der Waals surface area contributed by atoms with Crippen molar-refractivity contribution in [1.29, 1.82) is 0 Å². The van der Waals surface area contributed by atoms with Crippen molar-refractivity contribution in [2.75, 3.05) is 7.11 Å². The van der Waals surface area contributed by atoms with Crippen LogP contribution in [-0.2, 0) is 14.3 Å². The van der Waals surface area contributed by atoms with Crippen molar-refractivity contribution in [3.63, 3.8) is 0 Å². The molecule has 0 heterocycles. The number of carboxylic acid groups (broad SMARTS) is 1. The van der Waals surface area contributed by atoms with Crippen LogP contribution in [0.2, 0.25) is 0 Å². The molecule has 0 fully saturated rings. The van der Waals surface area contributed by atoms with Crippen LogP contribution in [0.5, 0.6) is 0 Å². The van der Waals surface area contributed by atoms with E-state index in [4.69, 9.17) is 5.11 Å². The number of ether oxygens (including phenoxy) is 1. The summed E-state index contributed by atoms with van der Waals surface area (Å²) in [6.45, 7) is 0. The summed E-state index contributed by atoms with van der Waals surface area (Å²) in [7, 11) is 4.00. The molecule has 56 valence electrons. The van der Waals surface area contributed by atoms with Crippen LogP contribution >= 0.6 is 8.86 Å². The molecule has 4 nitrogen and oxygen atoms in total. The lowest BCUT2D eigenvalue weighted by molar-refractivity contribution is -0.137. The first-order valence-corrected chi connectivity index (χ1v) is 2.95. The second-order valence-electron chi connectivity index (χ2n) is 1.54. The number of aliphatic carboxylic acids is 1. The zero-order valence-electron chi connectivity index (χ0n) is 5.38. The number of esters is 1. The fraction of sp³-hybridized carbons (Fsp3) is 0.400. The molecular weight excluding hydrogens is 155 g/mol. The van der Waals surface area contributed by atoms with Crippen LogP contribution in [0.3, 0.4) is 0 Å². The van der Waals surface area contributed by atoms with Crippen LogP contribution in [-0.4, -0.2) is 29.4 Å². The molecule has 0 saturated heterocycles. The van der Waals surface area contributed by atoms with Crippen molar-refractivity contribution in [1.82, 2.24) is 0 Å². The third-order valence-electron chi connectivity index (χ3n) is 0.760. The molecule has 0 unspecified atom stereocenters. The van der Waals surface area contributed by atoms with Gasteiger partial charge in [-0.2, -0.15) is 0 Å². The van der Waals surface area contributed by atoms with Crippen LogP contribution in [0.15, 0.2) is 0 Å². The summed E-state index contributed by atoms with van der Waals surface area (Å²) in [6.07, 6.45) is -0.344. The highest BCUT2D eigenvalue weighted by molar-refractivity contribution is 7.25. The van der Waals surface area contributed by atoms with Gasteiger partial charge in [-0.05, 0) is 0 Å². The number of carboxylic acids is 1. The number of carbonyl (C=O) groups is 2. The van der Waals surface area contributed by atoms with E-state index >= 15 is 0 Å². The minimum absolute atomic E-state index is 0.00926. The largest absolute Gasteiger partial charge is 0.481 e. The average Bonchev–Trinajstić information content (AvgIpc) is 1.85. The van der Waals surface area contributed by atoms with Crippen molar-refractivity contribution in [3.8, 4) is 0 Å². The van der Waals surface area contributed by atoms with E-state index in [-0.39, 0.29) is 11.7 Å². The van der Waals surface area contributed by atoms with E-state index < -0.39 is 11.9 Å². The predicted molar refractivity (Wildman–Crippen MR) is 37.6 cm³/mol. The molecule has 0 bridgehead atoms. The van der Waals surface area contributed by atoms with Gasteiger partial charge >= 0.3 is 11.9 Å². The Kier molecular flexibility index (Phi) is 3.65. The van der Waals surface area contributed by atoms with Gasteiger partial charge in [-0.1, -0.05) is 0 Å². The van der Waals surface area contributed by atoms with Gasteiger partial charge in [-0.15, -0.1) is 8.86 Å². The number of rotatable bonds is 3. The summed E-state index contributed by atoms with van der Waals surface area (Å²) < 4.78 is 4.22. The molecule has 5 heteroatoms. The predicted octanol–water partition coefficient (Wildman–Crippen LogP) is -0.0507. The molecule has 0 aliphatic rings. The summed E-state index contributed by atoms with van der Waals surface area (Å²) in [6, 6.07) is 0. The van der Waals surface area contributed by atoms with Gasteiger partial charge in [0.1, 0.15) is 0 Å². The first kappa shape index (κ1) is 9.11. The maximum Gasteiger partial charge on any atom is 0.338 e. The monoisotopic (exact) mass is 162 g/mol. The number of methoxy groups -OCH3 is 1. The Hall–Kier alpha value is -0.890. The minimum atomic E-state index is -1.07. The summed E-state index contributed by atoms with van der Waals surface area (Å²) in [5.74, 6) is -1.73. The van der Waals surface area contributed by atoms with Crippen molar-refractivity contribution in [2.45, 2.75) is 6.42 Å². The molecule has 0 amide bonds. The normalized spacial score (nSPS) is 8.50. The highest BCUT2D eigenvalue weighted by Crippen LogP contribution is 1.91. The molecule has 0 aliphatic carbocycles. The van der Waals surface area contributed by atoms with Gasteiger partial charge in [0.05, 0.1) is 18.8 Å². The van der Waals surface area contributed by atoms with Gasteiger partial charge in [0.2, 0.25) is 0 Å². The molecule has 1 N–H and O–H groups in total. The zero-order valence-corrected chi connectivity index (χ0v) is 6.38. The third-order valence-corrected chi connectivity index (χ3v) is 1.14. The summed E-state index contributed by atoms with van der Waals surface area (Å²) in [5, 5.41) is 8.18. The second kappa shape index (κ2) is 4.01. The Bertz CT molecular complexity index is 174. The molecule has 0 aromatic carbocycles. The maximum absolute atomic E-state index is 10.5. The standard InChI is InChI=1S/C5H7O4P/c1-9-5(8)3(10)2-4(6)7/h10H,2H2,1H3,(H,6,7). The molecule has 0 radical (unpaired) electrons. The van der Waals surface area contributed by atoms with Crippen molar-refractivity contribution in [3.05, 3.63) is 0 Å². The van der Waals surface area contributed by atoms with E-state index in [1.807, 2.05) is 0 Å². The number of hydrogen-bond acceptors (Lipinski definition) is 3. The molecule has 0 rings (SSSR count). The second-order valence-corrected chi connectivity index (χ2v) is 2.14. The molecular formula is C5H7O4P. The minimum Gasteiger partial charge on any atom is -0.481 e. The van der Waals surface area contributed by atoms with Crippen molar-refractivity contribution < 1.29 is 19.4 Å². The van der Waals surface area contributed by atoms with Crippen molar-refractivity contribution >= 4 is 26.1 Å². The van der Waals surface area contributed by atoms with E-state index in [1.54, 1.807) is 0 Å². The highest BCUT2D eigenvalue weighted by atomic mass is 31.0. The lowest BCUT2D eigenvalue weighted by atomic mass is 10.3. The summed E-state index contributed by atoms with van der Waals surface area (Å²) in [4.78, 5) is 20.4. The fourth-order valence-electron chi connectivity index (χ4n) is 0.347. The number of hydrogen-bond donors (Lipinski definition) is 1. The Morgan fingerprint density at radius 1 is 1.60 bits per heavy atom. The van der Waals surface area contributed by atoms with Gasteiger partial charge in [0.15, 0.2) is 0 Å². The SMILES string of the molecule is COC(=O)C(=P)CC(=O)O. The van der Waals surface area contributed by atoms with Crippen LogP contribution < -0.4 is 0 Å². The van der Waals surface area contributed by atoms with Crippen LogP contribution in [0.4, 0.5) is 0 Å². The van der Waals surface area contributed by atoms with E-state index in [1.165, 1.54) is 7.11 Å². The van der Waals surface area contributed by atoms with Gasteiger partial charge in [-0.25, -0.2) is 4.79 Å². The third kappa shape index (κ3) is 3.20. The first-order valence-electron chi connectivity index (χ1n) is 2.45. The van der Waals surface area contributed by atoms with Gasteiger partial charge in [0, 0.05) is 0 Å². The van der Waals surface area contributed by atoms with E-state index in [2.05, 4.69) is 13.6 Å². The molecule has 0 aliphatic heterocycles. The van der Waals surface area contributed by atoms with Crippen LogP contribution in [0.1, 0.15) is 6.42 Å².